The number of hydrogen-bond acceptors (Lipinski definition) is 5. The summed E-state index contributed by atoms with van der Waals surface area (Å²) in [5.74, 6) is -0.354. The summed E-state index contributed by atoms with van der Waals surface area (Å²) < 4.78 is 70.2. The van der Waals surface area contributed by atoms with Gasteiger partial charge < -0.3 is 14.8 Å². The van der Waals surface area contributed by atoms with Crippen LogP contribution in [0.2, 0.25) is 0 Å². The first-order chi connectivity index (χ1) is 17.5. The smallest absolute Gasteiger partial charge is 0.346 e. The number of sulfonamides is 1. The number of rotatable bonds is 5. The average molecular weight is 538 g/mol. The second-order valence-electron chi connectivity index (χ2n) is 10.4. The number of nitriles is 1. The molecule has 8 nitrogen and oxygen atoms in total. The third kappa shape index (κ3) is 5.09. The molecule has 1 aromatic heterocycles. The lowest BCUT2D eigenvalue weighted by molar-refractivity contribution is -0.169. The predicted octanol–water partition coefficient (Wildman–Crippen LogP) is 3.13. The number of aryl methyl sites for hydroxylation is 1. The van der Waals surface area contributed by atoms with Crippen molar-refractivity contribution in [3.8, 4) is 6.07 Å². The molecule has 37 heavy (non-hydrogen) atoms. The summed E-state index contributed by atoms with van der Waals surface area (Å²) in [5.41, 5.74) is 2.25. The van der Waals surface area contributed by atoms with Gasteiger partial charge in [0, 0.05) is 55.6 Å². The zero-order valence-electron chi connectivity index (χ0n) is 20.5. The molecule has 2 aromatic rings. The Morgan fingerprint density at radius 1 is 1.16 bits per heavy atom. The molecule has 0 bridgehead atoms. The van der Waals surface area contributed by atoms with Crippen molar-refractivity contribution in [2.75, 3.05) is 19.6 Å². The van der Waals surface area contributed by atoms with Crippen LogP contribution in [0.25, 0.3) is 10.9 Å². The number of hydrogen-bond donors (Lipinski definition) is 2. The predicted molar refractivity (Wildman–Crippen MR) is 130 cm³/mol. The molecular formula is C25H30F3N5O3S. The van der Waals surface area contributed by atoms with Gasteiger partial charge in [0.05, 0.1) is 16.0 Å². The van der Waals surface area contributed by atoms with Crippen LogP contribution in [0.4, 0.5) is 13.2 Å². The molecule has 3 aliphatic rings. The topological polar surface area (TPSA) is 107 Å². The van der Waals surface area contributed by atoms with Gasteiger partial charge in [0.1, 0.15) is 12.1 Å². The van der Waals surface area contributed by atoms with E-state index in [-0.39, 0.29) is 29.9 Å². The normalized spacial score (nSPS) is 25.3. The fourth-order valence-electron chi connectivity index (χ4n) is 5.73. The Morgan fingerprint density at radius 2 is 1.86 bits per heavy atom. The molecule has 3 fully saturated rings. The number of amides is 1. The van der Waals surface area contributed by atoms with Gasteiger partial charge in [-0.05, 0) is 50.7 Å². The fraction of sp³-hybridized carbons (Fsp3) is 0.600. The largest absolute Gasteiger partial charge is 0.405 e. The Labute approximate surface area is 213 Å². The Kier molecular flexibility index (Phi) is 6.75. The van der Waals surface area contributed by atoms with Gasteiger partial charge in [-0.3, -0.25) is 4.79 Å². The van der Waals surface area contributed by atoms with E-state index < -0.39 is 34.7 Å². The van der Waals surface area contributed by atoms with Crippen molar-refractivity contribution in [1.29, 1.82) is 5.26 Å². The third-order valence-electron chi connectivity index (χ3n) is 7.88. The van der Waals surface area contributed by atoms with E-state index in [0.29, 0.717) is 42.7 Å². The standard InChI is InChI=1S/C25H30F3N5O3S/c1-32-21-12-18(8-9-19(21)20(13-29)23(32)15-2-3-15)37(35,36)31-17-6-4-16(5-7-17)24(34)33-11-10-30-22(14-33)25(26,27)28/h8-9,12,15-17,22,30-31H,2-7,10-11,14H2,1H3/t16-,17-,22-/m1/s1. The molecule has 12 heteroatoms. The van der Waals surface area contributed by atoms with Gasteiger partial charge in [0.15, 0.2) is 0 Å². The Bertz CT molecular complexity index is 1350. The molecular weight excluding hydrogens is 507 g/mol. The number of carbonyl (C=O) groups is 1. The molecule has 1 atom stereocenters. The molecule has 5 rings (SSSR count). The van der Waals surface area contributed by atoms with Crippen LogP contribution in [0, 0.1) is 17.2 Å². The van der Waals surface area contributed by atoms with E-state index in [2.05, 4.69) is 16.1 Å². The number of nitrogens with one attached hydrogen (secondary N) is 2. The first kappa shape index (κ1) is 26.0. The van der Waals surface area contributed by atoms with E-state index in [4.69, 9.17) is 0 Å². The molecule has 2 saturated carbocycles. The maximum Gasteiger partial charge on any atom is 0.405 e. The van der Waals surface area contributed by atoms with Crippen LogP contribution in [0.1, 0.15) is 55.7 Å². The second-order valence-corrected chi connectivity index (χ2v) is 12.1. The van der Waals surface area contributed by atoms with Gasteiger partial charge in [-0.25, -0.2) is 13.1 Å². The zero-order valence-corrected chi connectivity index (χ0v) is 21.3. The number of carbonyl (C=O) groups excluding carboxylic acids is 1. The summed E-state index contributed by atoms with van der Waals surface area (Å²) in [6.07, 6.45) is -0.669. The molecule has 1 aliphatic heterocycles. The zero-order chi connectivity index (χ0) is 26.5. The lowest BCUT2D eigenvalue weighted by Crippen LogP contribution is -2.59. The maximum atomic E-state index is 13.2. The maximum absolute atomic E-state index is 13.2. The van der Waals surface area contributed by atoms with Crippen LogP contribution in [0.5, 0.6) is 0 Å². The molecule has 2 N–H and O–H groups in total. The van der Waals surface area contributed by atoms with Gasteiger partial charge in [0.25, 0.3) is 0 Å². The lowest BCUT2D eigenvalue weighted by atomic mass is 9.85. The van der Waals surface area contributed by atoms with E-state index in [0.717, 1.165) is 23.9 Å². The Hall–Kier alpha value is -2.62. The molecule has 200 valence electrons. The average Bonchev–Trinajstić information content (AvgIpc) is 3.67. The third-order valence-corrected chi connectivity index (χ3v) is 9.40. The van der Waals surface area contributed by atoms with Gasteiger partial charge in [-0.1, -0.05) is 6.07 Å². The molecule has 1 aromatic carbocycles. The van der Waals surface area contributed by atoms with Gasteiger partial charge in [0.2, 0.25) is 15.9 Å². The SMILES string of the molecule is Cn1c(C2CC2)c(C#N)c2ccc(S(=O)(=O)N[C@H]3CC[C@H](C(=O)N4CCN[C@@H](C(F)(F)F)C4)CC3)cc21. The van der Waals surface area contributed by atoms with Crippen LogP contribution in [-0.4, -0.2) is 61.7 Å². The van der Waals surface area contributed by atoms with Crippen molar-refractivity contribution < 1.29 is 26.4 Å². The summed E-state index contributed by atoms with van der Waals surface area (Å²) >= 11 is 0. The van der Waals surface area contributed by atoms with E-state index in [1.54, 1.807) is 12.1 Å². The minimum absolute atomic E-state index is 0.0918. The van der Waals surface area contributed by atoms with Crippen molar-refractivity contribution in [3.63, 3.8) is 0 Å². The Balaban J connectivity index is 1.23. The number of alkyl halides is 3. The van der Waals surface area contributed by atoms with Crippen LogP contribution in [0.15, 0.2) is 23.1 Å². The van der Waals surface area contributed by atoms with Gasteiger partial charge >= 0.3 is 6.18 Å². The highest BCUT2D eigenvalue weighted by atomic mass is 32.2. The fourth-order valence-corrected chi connectivity index (χ4v) is 7.05. The molecule has 1 amide bonds. The van der Waals surface area contributed by atoms with E-state index in [9.17, 15) is 31.6 Å². The van der Waals surface area contributed by atoms with E-state index >= 15 is 0 Å². The van der Waals surface area contributed by atoms with Crippen LogP contribution in [0.3, 0.4) is 0 Å². The van der Waals surface area contributed by atoms with E-state index in [1.807, 2.05) is 11.6 Å². The summed E-state index contributed by atoms with van der Waals surface area (Å²) in [6.45, 7) is -0.0728. The van der Waals surface area contributed by atoms with Gasteiger partial charge in [-0.15, -0.1) is 0 Å². The number of benzene rings is 1. The van der Waals surface area contributed by atoms with Crippen molar-refractivity contribution in [3.05, 3.63) is 29.5 Å². The number of fused-ring (bicyclic) bond motifs is 1. The summed E-state index contributed by atoms with van der Waals surface area (Å²) in [5, 5.41) is 12.8. The minimum atomic E-state index is -4.41. The van der Waals surface area contributed by atoms with Crippen molar-refractivity contribution >= 4 is 26.8 Å². The molecule has 0 radical (unpaired) electrons. The summed E-state index contributed by atoms with van der Waals surface area (Å²) in [4.78, 5) is 14.3. The first-order valence-corrected chi connectivity index (χ1v) is 14.1. The van der Waals surface area contributed by atoms with Crippen molar-refractivity contribution in [2.45, 2.75) is 67.6 Å². The summed E-state index contributed by atoms with van der Waals surface area (Å²) in [6, 6.07) is 4.99. The number of piperazine rings is 1. The van der Waals surface area contributed by atoms with Crippen LogP contribution < -0.4 is 10.0 Å². The van der Waals surface area contributed by atoms with E-state index in [1.165, 1.54) is 11.0 Å². The highest BCUT2D eigenvalue weighted by Gasteiger charge is 2.44. The van der Waals surface area contributed by atoms with Crippen LogP contribution in [-0.2, 0) is 21.9 Å². The molecule has 1 saturated heterocycles. The molecule has 2 aliphatic carbocycles. The number of halogens is 3. The lowest BCUT2D eigenvalue weighted by Gasteiger charge is -2.38. The molecule has 0 spiro atoms. The number of nitrogens with zero attached hydrogens (tertiary/aromatic N) is 3. The van der Waals surface area contributed by atoms with Crippen LogP contribution >= 0.6 is 0 Å². The second kappa shape index (κ2) is 9.60. The number of aromatic nitrogens is 1. The quantitative estimate of drug-likeness (QED) is 0.610. The highest BCUT2D eigenvalue weighted by Crippen LogP contribution is 2.44. The molecule has 2 heterocycles. The van der Waals surface area contributed by atoms with Crippen molar-refractivity contribution in [1.82, 2.24) is 19.5 Å². The minimum Gasteiger partial charge on any atom is -0.346 e. The molecule has 0 unspecified atom stereocenters. The highest BCUT2D eigenvalue weighted by molar-refractivity contribution is 7.89. The van der Waals surface area contributed by atoms with Crippen molar-refractivity contribution in [2.24, 2.45) is 13.0 Å². The Morgan fingerprint density at radius 3 is 2.49 bits per heavy atom. The van der Waals surface area contributed by atoms with Gasteiger partial charge in [-0.2, -0.15) is 18.4 Å². The monoisotopic (exact) mass is 537 g/mol. The first-order valence-electron chi connectivity index (χ1n) is 12.6. The summed E-state index contributed by atoms with van der Waals surface area (Å²) in [7, 11) is -1.98.